The second kappa shape index (κ2) is 6.84. The van der Waals surface area contributed by atoms with Gasteiger partial charge in [-0.05, 0) is 54.0 Å². The molecule has 0 radical (unpaired) electrons. The van der Waals surface area contributed by atoms with Gasteiger partial charge in [-0.1, -0.05) is 48.6 Å². The van der Waals surface area contributed by atoms with Gasteiger partial charge in [0, 0.05) is 24.2 Å². The minimum atomic E-state index is -0.219. The maximum absolute atomic E-state index is 13.0. The third kappa shape index (κ3) is 3.54. The summed E-state index contributed by atoms with van der Waals surface area (Å²) in [6.45, 7) is 4.58. The number of benzene rings is 2. The maximum Gasteiger partial charge on any atom is 0.182 e. The van der Waals surface area contributed by atoms with Crippen molar-refractivity contribution in [1.82, 2.24) is 9.88 Å². The summed E-state index contributed by atoms with van der Waals surface area (Å²) in [7, 11) is 0. The number of hydrogen-bond donors (Lipinski definition) is 0. The number of allylic oxidation sites excluding steroid dienone is 2. The van der Waals surface area contributed by atoms with Crippen molar-refractivity contribution in [2.75, 3.05) is 6.54 Å². The van der Waals surface area contributed by atoms with Gasteiger partial charge in [0.2, 0.25) is 0 Å². The van der Waals surface area contributed by atoms with Crippen LogP contribution in [0.15, 0.2) is 85.3 Å². The Labute approximate surface area is 159 Å². The Kier molecular flexibility index (Phi) is 4.36. The first kappa shape index (κ1) is 17.2. The van der Waals surface area contributed by atoms with E-state index < -0.39 is 0 Å². The molecule has 0 aliphatic carbocycles. The molecule has 2 heterocycles. The number of nitrogens with zero attached hydrogens (tertiary/aromatic N) is 2. The van der Waals surface area contributed by atoms with Gasteiger partial charge in [-0.15, -0.1) is 0 Å². The summed E-state index contributed by atoms with van der Waals surface area (Å²) in [6.07, 6.45) is 9.92. The van der Waals surface area contributed by atoms with Crippen molar-refractivity contribution in [3.63, 3.8) is 0 Å². The molecular weight excluding hydrogens is 332 g/mol. The van der Waals surface area contributed by atoms with Gasteiger partial charge in [0.15, 0.2) is 5.78 Å². The van der Waals surface area contributed by atoms with Crippen LogP contribution in [0.3, 0.4) is 0 Å². The molecule has 27 heavy (non-hydrogen) atoms. The Morgan fingerprint density at radius 1 is 1.00 bits per heavy atom. The van der Waals surface area contributed by atoms with E-state index in [2.05, 4.69) is 48.1 Å². The monoisotopic (exact) mass is 354 g/mol. The number of fused-ring (bicyclic) bond motifs is 1. The average Bonchev–Trinajstić information content (AvgIpc) is 2.69. The molecule has 0 fully saturated rings. The third-order valence-electron chi connectivity index (χ3n) is 5.10. The Bertz CT molecular complexity index is 1050. The molecule has 1 aromatic heterocycles. The van der Waals surface area contributed by atoms with Crippen molar-refractivity contribution >= 4 is 22.1 Å². The first-order chi connectivity index (χ1) is 13.0. The van der Waals surface area contributed by atoms with Crippen LogP contribution in [0.1, 0.15) is 29.8 Å². The molecule has 1 aliphatic heterocycles. The Hall–Kier alpha value is -3.20. The van der Waals surface area contributed by atoms with Crippen LogP contribution < -0.4 is 0 Å². The fourth-order valence-electron chi connectivity index (χ4n) is 3.34. The van der Waals surface area contributed by atoms with Gasteiger partial charge in [0.1, 0.15) is 0 Å². The molecule has 0 bridgehead atoms. The fourth-order valence-corrected chi connectivity index (χ4v) is 3.34. The molecular formula is C24H22N2O. The molecule has 0 N–H and O–H groups in total. The van der Waals surface area contributed by atoms with E-state index >= 15 is 0 Å². The van der Waals surface area contributed by atoms with Gasteiger partial charge < -0.3 is 4.90 Å². The highest BCUT2D eigenvalue weighted by Gasteiger charge is 2.27. The number of Topliss-reactive ketones (excluding diaryl/α,β-unsaturated/α-hetero) is 1. The summed E-state index contributed by atoms with van der Waals surface area (Å²) in [6, 6.07) is 18.0. The highest BCUT2D eigenvalue weighted by Crippen LogP contribution is 2.28. The van der Waals surface area contributed by atoms with Crippen molar-refractivity contribution in [3.05, 3.63) is 96.5 Å². The van der Waals surface area contributed by atoms with Crippen LogP contribution in [0.5, 0.6) is 0 Å². The average molecular weight is 354 g/mol. The molecule has 3 heteroatoms. The van der Waals surface area contributed by atoms with Gasteiger partial charge in [-0.25, -0.2) is 0 Å². The fraction of sp³-hybridized carbons (Fsp3) is 0.167. The van der Waals surface area contributed by atoms with E-state index in [1.807, 2.05) is 48.5 Å². The van der Waals surface area contributed by atoms with Crippen molar-refractivity contribution in [2.24, 2.45) is 0 Å². The lowest BCUT2D eigenvalue weighted by Crippen LogP contribution is -2.43. The van der Waals surface area contributed by atoms with Crippen LogP contribution in [0.4, 0.5) is 0 Å². The van der Waals surface area contributed by atoms with Crippen molar-refractivity contribution < 1.29 is 4.79 Å². The van der Waals surface area contributed by atoms with Gasteiger partial charge in [-0.2, -0.15) is 0 Å². The van der Waals surface area contributed by atoms with E-state index in [1.165, 1.54) is 0 Å². The van der Waals surface area contributed by atoms with Crippen LogP contribution in [-0.4, -0.2) is 27.8 Å². The second-order valence-electron chi connectivity index (χ2n) is 7.42. The standard InChI is InChI=1S/C24H22N2O/c1-24(2)12-9-22(19-10-13-25-14-11-19)16-26(24)17-23(27)21-8-7-18-5-3-4-6-20(18)15-21/h3-16H,17H2,1-2H3. The van der Waals surface area contributed by atoms with Crippen LogP contribution >= 0.6 is 0 Å². The molecule has 0 unspecified atom stereocenters. The molecule has 4 rings (SSSR count). The number of aromatic nitrogens is 1. The van der Waals surface area contributed by atoms with Crippen molar-refractivity contribution in [3.8, 4) is 0 Å². The van der Waals surface area contributed by atoms with E-state index in [9.17, 15) is 4.79 Å². The van der Waals surface area contributed by atoms with E-state index in [0.29, 0.717) is 6.54 Å². The number of carbonyl (C=O) groups is 1. The first-order valence-electron chi connectivity index (χ1n) is 9.13. The smallest absolute Gasteiger partial charge is 0.182 e. The van der Waals surface area contributed by atoms with Gasteiger partial charge in [0.05, 0.1) is 12.1 Å². The molecule has 0 spiro atoms. The van der Waals surface area contributed by atoms with Gasteiger partial charge in [-0.3, -0.25) is 9.78 Å². The third-order valence-corrected chi connectivity index (χ3v) is 5.10. The highest BCUT2D eigenvalue weighted by molar-refractivity contribution is 6.01. The molecule has 3 nitrogen and oxygen atoms in total. The Morgan fingerprint density at radius 3 is 2.52 bits per heavy atom. The number of pyridine rings is 1. The SMILES string of the molecule is CC1(C)C=CC(c2ccncc2)=CN1CC(=O)c1ccc2ccccc2c1. The van der Waals surface area contributed by atoms with Crippen molar-refractivity contribution in [2.45, 2.75) is 19.4 Å². The molecule has 0 amide bonds. The zero-order valence-corrected chi connectivity index (χ0v) is 15.6. The van der Waals surface area contributed by atoms with Crippen LogP contribution in [-0.2, 0) is 0 Å². The lowest BCUT2D eigenvalue weighted by Gasteiger charge is -2.38. The molecule has 0 saturated heterocycles. The highest BCUT2D eigenvalue weighted by atomic mass is 16.1. The Balaban J connectivity index is 1.61. The lowest BCUT2D eigenvalue weighted by atomic mass is 9.94. The zero-order chi connectivity index (χ0) is 18.9. The van der Waals surface area contributed by atoms with Crippen LogP contribution in [0.25, 0.3) is 16.3 Å². The second-order valence-corrected chi connectivity index (χ2v) is 7.42. The maximum atomic E-state index is 13.0. The quantitative estimate of drug-likeness (QED) is 0.611. The molecule has 3 aromatic rings. The summed E-state index contributed by atoms with van der Waals surface area (Å²) in [5.41, 5.74) is 2.71. The molecule has 0 atom stereocenters. The van der Waals surface area contributed by atoms with E-state index in [4.69, 9.17) is 0 Å². The summed E-state index contributed by atoms with van der Waals surface area (Å²) in [5, 5.41) is 2.24. The number of rotatable bonds is 4. The molecule has 1 aliphatic rings. The topological polar surface area (TPSA) is 33.2 Å². The Morgan fingerprint density at radius 2 is 1.74 bits per heavy atom. The predicted molar refractivity (Wildman–Crippen MR) is 110 cm³/mol. The summed E-state index contributed by atoms with van der Waals surface area (Å²) >= 11 is 0. The number of carbonyl (C=O) groups excluding carboxylic acids is 1. The number of ketones is 1. The lowest BCUT2D eigenvalue weighted by molar-refractivity contribution is 0.0917. The summed E-state index contributed by atoms with van der Waals surface area (Å²) in [4.78, 5) is 19.2. The van der Waals surface area contributed by atoms with Crippen molar-refractivity contribution in [1.29, 1.82) is 0 Å². The first-order valence-corrected chi connectivity index (χ1v) is 9.13. The molecule has 134 valence electrons. The normalized spacial score (nSPS) is 15.6. The van der Waals surface area contributed by atoms with E-state index in [-0.39, 0.29) is 11.3 Å². The van der Waals surface area contributed by atoms with Gasteiger partial charge in [0.25, 0.3) is 0 Å². The zero-order valence-electron chi connectivity index (χ0n) is 15.6. The summed E-state index contributed by atoms with van der Waals surface area (Å²) < 4.78 is 0. The van der Waals surface area contributed by atoms with Crippen LogP contribution in [0, 0.1) is 0 Å². The largest absolute Gasteiger partial charge is 0.361 e. The minimum absolute atomic E-state index is 0.120. The predicted octanol–water partition coefficient (Wildman–Crippen LogP) is 5.11. The van der Waals surface area contributed by atoms with Crippen LogP contribution in [0.2, 0.25) is 0 Å². The number of hydrogen-bond acceptors (Lipinski definition) is 3. The summed E-state index contributed by atoms with van der Waals surface area (Å²) in [5.74, 6) is 0.120. The minimum Gasteiger partial charge on any atom is -0.361 e. The van der Waals surface area contributed by atoms with E-state index in [1.54, 1.807) is 12.4 Å². The van der Waals surface area contributed by atoms with E-state index in [0.717, 1.165) is 27.5 Å². The molecule has 0 saturated carbocycles. The molecule has 2 aromatic carbocycles. The van der Waals surface area contributed by atoms with Gasteiger partial charge >= 0.3 is 0 Å².